The number of fused-ring (bicyclic) bond motifs is 2. The van der Waals surface area contributed by atoms with Crippen molar-refractivity contribution in [2.24, 2.45) is 0 Å². The second kappa shape index (κ2) is 5.04. The molecule has 1 aliphatic heterocycles. The van der Waals surface area contributed by atoms with E-state index in [1.54, 1.807) is 4.88 Å². The highest BCUT2D eigenvalue weighted by molar-refractivity contribution is 7.10. The van der Waals surface area contributed by atoms with Gasteiger partial charge in [-0.1, -0.05) is 42.5 Å². The molecule has 100 valence electrons. The van der Waals surface area contributed by atoms with E-state index in [0.717, 1.165) is 13.0 Å². The van der Waals surface area contributed by atoms with Crippen LogP contribution >= 0.6 is 11.3 Å². The third kappa shape index (κ3) is 2.05. The minimum absolute atomic E-state index is 0.468. The molecule has 1 atom stereocenters. The molecule has 0 amide bonds. The summed E-state index contributed by atoms with van der Waals surface area (Å²) in [6.07, 6.45) is 2.25. The molecule has 0 aliphatic carbocycles. The molecule has 20 heavy (non-hydrogen) atoms. The average molecular weight is 279 g/mol. The highest BCUT2D eigenvalue weighted by Crippen LogP contribution is 2.31. The summed E-state index contributed by atoms with van der Waals surface area (Å²) in [7, 11) is 0. The van der Waals surface area contributed by atoms with E-state index in [1.807, 2.05) is 11.3 Å². The number of hydrogen-bond donors (Lipinski definition) is 1. The van der Waals surface area contributed by atoms with E-state index >= 15 is 0 Å². The van der Waals surface area contributed by atoms with Crippen molar-refractivity contribution < 1.29 is 0 Å². The van der Waals surface area contributed by atoms with Gasteiger partial charge in [0.1, 0.15) is 0 Å². The first-order valence-electron chi connectivity index (χ1n) is 7.18. The predicted molar refractivity (Wildman–Crippen MR) is 86.4 cm³/mol. The quantitative estimate of drug-likeness (QED) is 0.736. The minimum atomic E-state index is 0.468. The summed E-state index contributed by atoms with van der Waals surface area (Å²) in [5.74, 6) is 0. The maximum atomic E-state index is 3.68. The minimum Gasteiger partial charge on any atom is -0.309 e. The molecule has 2 aromatic carbocycles. The van der Waals surface area contributed by atoms with Gasteiger partial charge in [-0.2, -0.15) is 0 Å². The van der Waals surface area contributed by atoms with Crippen LogP contribution in [0.15, 0.2) is 53.9 Å². The Morgan fingerprint density at radius 1 is 1.05 bits per heavy atom. The molecule has 2 heterocycles. The molecule has 0 bridgehead atoms. The van der Waals surface area contributed by atoms with E-state index in [4.69, 9.17) is 0 Å². The summed E-state index contributed by atoms with van der Waals surface area (Å²) in [6.45, 7) is 1.10. The average Bonchev–Trinajstić information content (AvgIpc) is 2.97. The topological polar surface area (TPSA) is 12.0 Å². The molecule has 0 saturated heterocycles. The first-order chi connectivity index (χ1) is 9.92. The van der Waals surface area contributed by atoms with Crippen LogP contribution < -0.4 is 5.32 Å². The smallest absolute Gasteiger partial charge is 0.0372 e. The summed E-state index contributed by atoms with van der Waals surface area (Å²) in [6, 6.07) is 18.1. The van der Waals surface area contributed by atoms with Crippen LogP contribution in [0.2, 0.25) is 0 Å². The summed E-state index contributed by atoms with van der Waals surface area (Å²) < 4.78 is 0. The summed E-state index contributed by atoms with van der Waals surface area (Å²) in [5, 5.41) is 8.64. The molecule has 0 fully saturated rings. The Bertz CT molecular complexity index is 739. The van der Waals surface area contributed by atoms with Gasteiger partial charge in [0.2, 0.25) is 0 Å². The lowest BCUT2D eigenvalue weighted by Gasteiger charge is -2.25. The highest BCUT2D eigenvalue weighted by Gasteiger charge is 2.21. The molecular weight excluding hydrogens is 262 g/mol. The largest absolute Gasteiger partial charge is 0.309 e. The Morgan fingerprint density at radius 2 is 1.95 bits per heavy atom. The van der Waals surface area contributed by atoms with Crippen molar-refractivity contribution in [2.45, 2.75) is 18.9 Å². The zero-order valence-corrected chi connectivity index (χ0v) is 12.1. The Kier molecular flexibility index (Phi) is 3.06. The molecule has 0 saturated carbocycles. The van der Waals surface area contributed by atoms with Gasteiger partial charge in [-0.3, -0.25) is 0 Å². The van der Waals surface area contributed by atoms with Gasteiger partial charge in [-0.05, 0) is 46.2 Å². The molecule has 4 rings (SSSR count). The van der Waals surface area contributed by atoms with Crippen LogP contribution in [0, 0.1) is 0 Å². The Balaban J connectivity index is 1.73. The number of benzene rings is 2. The van der Waals surface area contributed by atoms with Crippen LogP contribution in [0.25, 0.3) is 10.8 Å². The third-order valence-corrected chi connectivity index (χ3v) is 5.20. The number of thiophene rings is 1. The Morgan fingerprint density at radius 3 is 2.95 bits per heavy atom. The van der Waals surface area contributed by atoms with Crippen molar-refractivity contribution in [1.82, 2.24) is 5.32 Å². The van der Waals surface area contributed by atoms with Crippen LogP contribution in [0.5, 0.6) is 0 Å². The molecule has 1 nitrogen and oxygen atoms in total. The zero-order valence-electron chi connectivity index (χ0n) is 11.3. The Hall–Kier alpha value is -1.64. The van der Waals surface area contributed by atoms with E-state index in [9.17, 15) is 0 Å². The van der Waals surface area contributed by atoms with E-state index in [0.29, 0.717) is 6.04 Å². The van der Waals surface area contributed by atoms with Crippen molar-refractivity contribution in [3.05, 3.63) is 69.9 Å². The van der Waals surface area contributed by atoms with Gasteiger partial charge in [-0.15, -0.1) is 11.3 Å². The summed E-state index contributed by atoms with van der Waals surface area (Å²) >= 11 is 1.90. The van der Waals surface area contributed by atoms with E-state index < -0.39 is 0 Å². The second-order valence-electron chi connectivity index (χ2n) is 5.40. The van der Waals surface area contributed by atoms with Crippen molar-refractivity contribution in [3.8, 4) is 0 Å². The van der Waals surface area contributed by atoms with Gasteiger partial charge in [0, 0.05) is 17.5 Å². The molecule has 0 radical (unpaired) electrons. The maximum Gasteiger partial charge on any atom is 0.0372 e. The molecule has 1 aliphatic rings. The summed E-state index contributed by atoms with van der Waals surface area (Å²) in [5.41, 5.74) is 2.95. The lowest BCUT2D eigenvalue weighted by atomic mass is 9.93. The fourth-order valence-corrected chi connectivity index (χ4v) is 4.15. The van der Waals surface area contributed by atoms with E-state index in [1.165, 1.54) is 28.3 Å². The SMILES string of the molecule is c1ccc2c(CC3NCCc4sccc43)cccc2c1. The highest BCUT2D eigenvalue weighted by atomic mass is 32.1. The first-order valence-corrected chi connectivity index (χ1v) is 8.06. The van der Waals surface area contributed by atoms with Crippen molar-refractivity contribution in [2.75, 3.05) is 6.54 Å². The fourth-order valence-electron chi connectivity index (χ4n) is 3.21. The van der Waals surface area contributed by atoms with Crippen LogP contribution in [-0.2, 0) is 12.8 Å². The zero-order chi connectivity index (χ0) is 13.4. The van der Waals surface area contributed by atoms with Crippen molar-refractivity contribution in [1.29, 1.82) is 0 Å². The lowest BCUT2D eigenvalue weighted by molar-refractivity contribution is 0.509. The molecule has 1 unspecified atom stereocenters. The number of hydrogen-bond acceptors (Lipinski definition) is 2. The molecule has 1 N–H and O–H groups in total. The van der Waals surface area contributed by atoms with Gasteiger partial charge in [0.05, 0.1) is 0 Å². The maximum absolute atomic E-state index is 3.68. The van der Waals surface area contributed by atoms with E-state index in [2.05, 4.69) is 59.2 Å². The number of nitrogens with one attached hydrogen (secondary N) is 1. The normalized spacial score (nSPS) is 18.1. The molecular formula is C18H17NS. The second-order valence-corrected chi connectivity index (χ2v) is 6.40. The van der Waals surface area contributed by atoms with Gasteiger partial charge in [-0.25, -0.2) is 0 Å². The molecule has 2 heteroatoms. The van der Waals surface area contributed by atoms with Crippen molar-refractivity contribution in [3.63, 3.8) is 0 Å². The standard InChI is InChI=1S/C18H17NS/c1-2-7-15-13(4-1)5-3-6-14(15)12-17-16-9-11-20-18(16)8-10-19-17/h1-7,9,11,17,19H,8,10,12H2. The van der Waals surface area contributed by atoms with Crippen LogP contribution in [0.1, 0.15) is 22.0 Å². The van der Waals surface area contributed by atoms with Gasteiger partial charge in [0.25, 0.3) is 0 Å². The monoisotopic (exact) mass is 279 g/mol. The first kappa shape index (κ1) is 12.1. The van der Waals surface area contributed by atoms with Crippen molar-refractivity contribution >= 4 is 22.1 Å². The van der Waals surface area contributed by atoms with Gasteiger partial charge in [0.15, 0.2) is 0 Å². The summed E-state index contributed by atoms with van der Waals surface area (Å²) in [4.78, 5) is 1.56. The van der Waals surface area contributed by atoms with Gasteiger partial charge >= 0.3 is 0 Å². The molecule has 1 aromatic heterocycles. The van der Waals surface area contributed by atoms with E-state index in [-0.39, 0.29) is 0 Å². The van der Waals surface area contributed by atoms with Crippen LogP contribution in [0.3, 0.4) is 0 Å². The van der Waals surface area contributed by atoms with Gasteiger partial charge < -0.3 is 5.32 Å². The molecule has 0 spiro atoms. The van der Waals surface area contributed by atoms with Crippen LogP contribution in [0.4, 0.5) is 0 Å². The fraction of sp³-hybridized carbons (Fsp3) is 0.222. The van der Waals surface area contributed by atoms with Crippen LogP contribution in [-0.4, -0.2) is 6.54 Å². The third-order valence-electron chi connectivity index (χ3n) is 4.20. The number of rotatable bonds is 2. The Labute approximate surface area is 123 Å². The lowest BCUT2D eigenvalue weighted by Crippen LogP contribution is -2.30. The molecule has 3 aromatic rings. The predicted octanol–water partition coefficient (Wildman–Crippen LogP) is 4.33.